The van der Waals surface area contributed by atoms with Crippen molar-refractivity contribution in [1.82, 2.24) is 4.90 Å². The zero-order valence-electron chi connectivity index (χ0n) is 9.82. The summed E-state index contributed by atoms with van der Waals surface area (Å²) in [6.45, 7) is 2.52. The molecule has 1 unspecified atom stereocenters. The first-order valence-electron chi connectivity index (χ1n) is 6.24. The molecule has 2 aliphatic rings. The van der Waals surface area contributed by atoms with E-state index in [4.69, 9.17) is 5.73 Å². The number of nitrogens with zero attached hydrogens (tertiary/aromatic N) is 1. The lowest BCUT2D eigenvalue weighted by atomic mass is 9.96. The fourth-order valence-electron chi connectivity index (χ4n) is 2.98. The van der Waals surface area contributed by atoms with E-state index in [0.29, 0.717) is 12.3 Å². The molecule has 2 fully saturated rings. The first-order chi connectivity index (χ1) is 7.58. The molecule has 1 atom stereocenters. The van der Waals surface area contributed by atoms with E-state index < -0.39 is 9.84 Å². The highest BCUT2D eigenvalue weighted by Crippen LogP contribution is 2.30. The van der Waals surface area contributed by atoms with E-state index >= 15 is 0 Å². The first kappa shape index (κ1) is 12.3. The van der Waals surface area contributed by atoms with Crippen LogP contribution in [0.2, 0.25) is 0 Å². The standard InChI is InChI=1S/C11H22N2O2S/c12-9-11(5-8-16(14,15)10-11)13-6-3-1-2-4-7-13/h1-10,12H2. The summed E-state index contributed by atoms with van der Waals surface area (Å²) < 4.78 is 23.3. The van der Waals surface area contributed by atoms with Gasteiger partial charge in [-0.15, -0.1) is 0 Å². The quantitative estimate of drug-likeness (QED) is 0.765. The highest BCUT2D eigenvalue weighted by atomic mass is 32.2. The smallest absolute Gasteiger partial charge is 0.152 e. The average Bonchev–Trinajstić information content (AvgIpc) is 2.47. The van der Waals surface area contributed by atoms with Crippen molar-refractivity contribution in [3.63, 3.8) is 0 Å². The molecule has 2 aliphatic heterocycles. The molecule has 2 heterocycles. The highest BCUT2D eigenvalue weighted by Gasteiger charge is 2.45. The molecule has 0 aliphatic carbocycles. The Hall–Kier alpha value is -0.130. The van der Waals surface area contributed by atoms with Crippen molar-refractivity contribution in [3.8, 4) is 0 Å². The van der Waals surface area contributed by atoms with Crippen LogP contribution in [-0.2, 0) is 9.84 Å². The van der Waals surface area contributed by atoms with E-state index in [-0.39, 0.29) is 11.3 Å². The molecule has 2 N–H and O–H groups in total. The molecule has 0 aromatic carbocycles. The lowest BCUT2D eigenvalue weighted by Crippen LogP contribution is -2.55. The molecule has 0 spiro atoms. The van der Waals surface area contributed by atoms with Crippen molar-refractivity contribution in [2.24, 2.45) is 5.73 Å². The number of hydrogen-bond donors (Lipinski definition) is 1. The molecule has 0 bridgehead atoms. The first-order valence-corrected chi connectivity index (χ1v) is 8.06. The van der Waals surface area contributed by atoms with Crippen LogP contribution >= 0.6 is 0 Å². The van der Waals surface area contributed by atoms with Crippen LogP contribution in [0.3, 0.4) is 0 Å². The molecule has 0 amide bonds. The molecule has 5 heteroatoms. The predicted molar refractivity (Wildman–Crippen MR) is 65.1 cm³/mol. The summed E-state index contributed by atoms with van der Waals surface area (Å²) in [7, 11) is -2.85. The maximum Gasteiger partial charge on any atom is 0.152 e. The molecule has 0 saturated carbocycles. The molecule has 16 heavy (non-hydrogen) atoms. The number of hydrogen-bond acceptors (Lipinski definition) is 4. The molecule has 94 valence electrons. The van der Waals surface area contributed by atoms with Crippen molar-refractivity contribution in [3.05, 3.63) is 0 Å². The van der Waals surface area contributed by atoms with Gasteiger partial charge < -0.3 is 5.73 Å². The van der Waals surface area contributed by atoms with Gasteiger partial charge in [-0.2, -0.15) is 0 Å². The van der Waals surface area contributed by atoms with E-state index in [1.54, 1.807) is 0 Å². The van der Waals surface area contributed by atoms with Crippen molar-refractivity contribution >= 4 is 9.84 Å². The van der Waals surface area contributed by atoms with E-state index in [1.807, 2.05) is 0 Å². The minimum atomic E-state index is -2.85. The van der Waals surface area contributed by atoms with Crippen LogP contribution < -0.4 is 5.73 Å². The molecular weight excluding hydrogens is 224 g/mol. The highest BCUT2D eigenvalue weighted by molar-refractivity contribution is 7.91. The third-order valence-electron chi connectivity index (χ3n) is 4.02. The Bertz CT molecular complexity index is 334. The number of likely N-dealkylation sites (tertiary alicyclic amines) is 1. The molecule has 2 saturated heterocycles. The van der Waals surface area contributed by atoms with Gasteiger partial charge in [-0.1, -0.05) is 12.8 Å². The second kappa shape index (κ2) is 4.63. The monoisotopic (exact) mass is 246 g/mol. The predicted octanol–water partition coefficient (Wildman–Crippen LogP) is 0.378. The van der Waals surface area contributed by atoms with Gasteiger partial charge >= 0.3 is 0 Å². The van der Waals surface area contributed by atoms with Crippen LogP contribution in [0.1, 0.15) is 32.1 Å². The molecule has 4 nitrogen and oxygen atoms in total. The molecule has 2 rings (SSSR count). The SMILES string of the molecule is NCC1(N2CCCCCC2)CCS(=O)(=O)C1. The molecule has 0 aromatic heterocycles. The summed E-state index contributed by atoms with van der Waals surface area (Å²) in [5.41, 5.74) is 5.62. The van der Waals surface area contributed by atoms with Gasteiger partial charge in [0.15, 0.2) is 9.84 Å². The molecular formula is C11H22N2O2S. The maximum absolute atomic E-state index is 11.7. The van der Waals surface area contributed by atoms with E-state index in [2.05, 4.69) is 4.90 Å². The summed E-state index contributed by atoms with van der Waals surface area (Å²) in [5, 5.41) is 0. The van der Waals surface area contributed by atoms with Gasteiger partial charge in [0.05, 0.1) is 11.5 Å². The number of rotatable bonds is 2. The van der Waals surface area contributed by atoms with Crippen molar-refractivity contribution in [2.45, 2.75) is 37.6 Å². The van der Waals surface area contributed by atoms with Gasteiger partial charge in [-0.25, -0.2) is 8.42 Å². The van der Waals surface area contributed by atoms with Crippen LogP contribution in [0.25, 0.3) is 0 Å². The summed E-state index contributed by atoms with van der Waals surface area (Å²) in [4.78, 5) is 2.35. The topological polar surface area (TPSA) is 63.4 Å². The fraction of sp³-hybridized carbons (Fsp3) is 1.00. The Morgan fingerprint density at radius 1 is 1.12 bits per heavy atom. The third-order valence-corrected chi connectivity index (χ3v) is 5.83. The van der Waals surface area contributed by atoms with Gasteiger partial charge in [0.25, 0.3) is 0 Å². The second-order valence-corrected chi connectivity index (χ2v) is 7.36. The summed E-state index contributed by atoms with van der Waals surface area (Å²) >= 11 is 0. The number of sulfone groups is 1. The van der Waals surface area contributed by atoms with Crippen LogP contribution in [0, 0.1) is 0 Å². The van der Waals surface area contributed by atoms with Gasteiger partial charge in [-0.3, -0.25) is 4.90 Å². The molecule has 0 aromatic rings. The summed E-state index contributed by atoms with van der Waals surface area (Å²) in [6.07, 6.45) is 5.63. The van der Waals surface area contributed by atoms with Crippen LogP contribution in [0.5, 0.6) is 0 Å². The Morgan fingerprint density at radius 3 is 2.19 bits per heavy atom. The lowest BCUT2D eigenvalue weighted by Gasteiger charge is -2.39. The molecule has 0 radical (unpaired) electrons. The minimum absolute atomic E-state index is 0.247. The van der Waals surface area contributed by atoms with Crippen molar-refractivity contribution in [2.75, 3.05) is 31.1 Å². The zero-order valence-corrected chi connectivity index (χ0v) is 10.6. The number of nitrogens with two attached hydrogens (primary N) is 1. The lowest BCUT2D eigenvalue weighted by molar-refractivity contribution is 0.121. The van der Waals surface area contributed by atoms with E-state index in [9.17, 15) is 8.42 Å². The minimum Gasteiger partial charge on any atom is -0.329 e. The Kier molecular flexibility index (Phi) is 3.56. The fourth-order valence-corrected chi connectivity index (χ4v) is 5.08. The Balaban J connectivity index is 2.14. The Labute approximate surface area is 98.1 Å². The van der Waals surface area contributed by atoms with Crippen LogP contribution in [-0.4, -0.2) is 50.0 Å². The van der Waals surface area contributed by atoms with E-state index in [1.165, 1.54) is 25.7 Å². The van der Waals surface area contributed by atoms with Crippen LogP contribution in [0.15, 0.2) is 0 Å². The Morgan fingerprint density at radius 2 is 1.75 bits per heavy atom. The second-order valence-electron chi connectivity index (χ2n) is 5.17. The van der Waals surface area contributed by atoms with Crippen molar-refractivity contribution < 1.29 is 8.42 Å². The summed E-state index contributed by atoms with van der Waals surface area (Å²) in [6, 6.07) is 0. The maximum atomic E-state index is 11.7. The van der Waals surface area contributed by atoms with E-state index in [0.717, 1.165) is 19.5 Å². The van der Waals surface area contributed by atoms with Crippen molar-refractivity contribution in [1.29, 1.82) is 0 Å². The van der Waals surface area contributed by atoms with Gasteiger partial charge in [0.2, 0.25) is 0 Å². The largest absolute Gasteiger partial charge is 0.329 e. The normalized spacial score (nSPS) is 36.1. The average molecular weight is 246 g/mol. The third kappa shape index (κ3) is 2.41. The van der Waals surface area contributed by atoms with Gasteiger partial charge in [0.1, 0.15) is 0 Å². The van der Waals surface area contributed by atoms with Gasteiger partial charge in [0, 0.05) is 12.1 Å². The van der Waals surface area contributed by atoms with Gasteiger partial charge in [-0.05, 0) is 32.4 Å². The zero-order chi connectivity index (χ0) is 11.6. The van der Waals surface area contributed by atoms with Crippen LogP contribution in [0.4, 0.5) is 0 Å². The summed E-state index contributed by atoms with van der Waals surface area (Å²) in [5.74, 6) is 0.594.